The maximum atomic E-state index is 11.7. The van der Waals surface area contributed by atoms with E-state index in [1.165, 1.54) is 21.3 Å². The topological polar surface area (TPSA) is 85.5 Å². The van der Waals surface area contributed by atoms with Crippen LogP contribution >= 0.6 is 0 Å². The molecule has 102 valence electrons. The Balaban J connectivity index is 2.88. The number of H-pyrrole nitrogens is 1. The highest BCUT2D eigenvalue weighted by Gasteiger charge is 2.43. The highest BCUT2D eigenvalue weighted by Crippen LogP contribution is 2.05. The van der Waals surface area contributed by atoms with Gasteiger partial charge in [0.2, 0.25) is 0 Å². The standard InChI is InChI=1S/C10H19N3O4Si/c1-5-6-11-10(14)9-12-7-8(13-9)18(15-2,16-3)17-4/h7H,5-6H2,1-4H3,(H,11,14)(H,12,13). The number of carbonyl (C=O) groups excluding carboxylic acids is 1. The third-order valence-electron chi connectivity index (χ3n) is 2.45. The van der Waals surface area contributed by atoms with Crippen LogP contribution in [0.5, 0.6) is 0 Å². The lowest BCUT2D eigenvalue weighted by Gasteiger charge is -2.21. The smallest absolute Gasteiger partial charge is 0.372 e. The van der Waals surface area contributed by atoms with Crippen molar-refractivity contribution < 1.29 is 18.1 Å². The van der Waals surface area contributed by atoms with Gasteiger partial charge in [-0.25, -0.2) is 4.98 Å². The van der Waals surface area contributed by atoms with Crippen LogP contribution in [0.4, 0.5) is 0 Å². The van der Waals surface area contributed by atoms with E-state index in [1.807, 2.05) is 6.92 Å². The Bertz CT molecular complexity index is 384. The lowest BCUT2D eigenvalue weighted by atomic mass is 10.4. The minimum Gasteiger partial charge on any atom is -0.372 e. The van der Waals surface area contributed by atoms with Crippen molar-refractivity contribution in [1.82, 2.24) is 15.3 Å². The molecule has 1 rings (SSSR count). The average Bonchev–Trinajstić information content (AvgIpc) is 2.89. The first-order valence-electron chi connectivity index (χ1n) is 5.63. The summed E-state index contributed by atoms with van der Waals surface area (Å²) in [6, 6.07) is 0. The second-order valence-corrected chi connectivity index (χ2v) is 6.41. The van der Waals surface area contributed by atoms with Crippen LogP contribution in [0.3, 0.4) is 0 Å². The summed E-state index contributed by atoms with van der Waals surface area (Å²) in [5, 5.41) is 3.21. The molecule has 0 aromatic carbocycles. The van der Waals surface area contributed by atoms with Gasteiger partial charge in [0.15, 0.2) is 5.82 Å². The first-order chi connectivity index (χ1) is 8.63. The highest BCUT2D eigenvalue weighted by molar-refractivity contribution is 6.74. The number of hydrogen-bond donors (Lipinski definition) is 2. The number of aromatic nitrogens is 2. The summed E-state index contributed by atoms with van der Waals surface area (Å²) in [7, 11) is 1.50. The maximum absolute atomic E-state index is 11.7. The molecular formula is C10H19N3O4Si. The largest absolute Gasteiger partial charge is 0.557 e. The molecule has 0 spiro atoms. The molecule has 1 aromatic heterocycles. The van der Waals surface area contributed by atoms with Crippen molar-refractivity contribution in [3.8, 4) is 0 Å². The zero-order valence-corrected chi connectivity index (χ0v) is 12.1. The molecule has 8 heteroatoms. The number of aromatic amines is 1. The molecule has 1 heterocycles. The van der Waals surface area contributed by atoms with Gasteiger partial charge in [0, 0.05) is 34.1 Å². The van der Waals surface area contributed by atoms with E-state index in [0.29, 0.717) is 11.9 Å². The number of carbonyl (C=O) groups is 1. The van der Waals surface area contributed by atoms with Gasteiger partial charge in [0.1, 0.15) is 5.32 Å². The Morgan fingerprint density at radius 3 is 2.50 bits per heavy atom. The van der Waals surface area contributed by atoms with E-state index < -0.39 is 8.80 Å². The Morgan fingerprint density at radius 2 is 2.00 bits per heavy atom. The van der Waals surface area contributed by atoms with Gasteiger partial charge >= 0.3 is 8.80 Å². The molecule has 0 saturated heterocycles. The quantitative estimate of drug-likeness (QED) is 0.662. The predicted molar refractivity (Wildman–Crippen MR) is 67.6 cm³/mol. The zero-order valence-electron chi connectivity index (χ0n) is 11.1. The monoisotopic (exact) mass is 273 g/mol. The van der Waals surface area contributed by atoms with Crippen LogP contribution in [-0.4, -0.2) is 52.6 Å². The van der Waals surface area contributed by atoms with Crippen molar-refractivity contribution in [2.45, 2.75) is 13.3 Å². The van der Waals surface area contributed by atoms with E-state index in [-0.39, 0.29) is 11.7 Å². The second kappa shape index (κ2) is 6.64. The van der Waals surface area contributed by atoms with E-state index in [2.05, 4.69) is 15.3 Å². The highest BCUT2D eigenvalue weighted by atomic mass is 28.4. The van der Waals surface area contributed by atoms with Gasteiger partial charge in [-0.05, 0) is 6.42 Å². The second-order valence-electron chi connectivity index (χ2n) is 3.56. The Labute approximate surface area is 107 Å². The van der Waals surface area contributed by atoms with Crippen LogP contribution in [0, 0.1) is 0 Å². The normalized spacial score (nSPS) is 11.6. The third kappa shape index (κ3) is 2.96. The van der Waals surface area contributed by atoms with Crippen molar-refractivity contribution in [3.63, 3.8) is 0 Å². The van der Waals surface area contributed by atoms with E-state index in [9.17, 15) is 4.79 Å². The summed E-state index contributed by atoms with van der Waals surface area (Å²) in [6.45, 7) is 2.59. The molecule has 0 aliphatic heterocycles. The van der Waals surface area contributed by atoms with Crippen LogP contribution in [0.15, 0.2) is 6.20 Å². The van der Waals surface area contributed by atoms with Gasteiger partial charge < -0.3 is 23.6 Å². The number of nitrogens with one attached hydrogen (secondary N) is 2. The summed E-state index contributed by atoms with van der Waals surface area (Å²) in [5.74, 6) is -0.0317. The van der Waals surface area contributed by atoms with Crippen LogP contribution in [-0.2, 0) is 13.3 Å². The van der Waals surface area contributed by atoms with Crippen molar-refractivity contribution in [2.75, 3.05) is 27.9 Å². The first-order valence-corrected chi connectivity index (χ1v) is 7.35. The minimum absolute atomic E-state index is 0.224. The SMILES string of the molecule is CCCNC(=O)c1nc([Si](OC)(OC)OC)c[nH]1. The fourth-order valence-electron chi connectivity index (χ4n) is 1.48. The van der Waals surface area contributed by atoms with Crippen LogP contribution in [0.25, 0.3) is 0 Å². The summed E-state index contributed by atoms with van der Waals surface area (Å²) in [5.41, 5.74) is 0. The molecule has 0 unspecified atom stereocenters. The molecule has 2 N–H and O–H groups in total. The fraction of sp³-hybridized carbons (Fsp3) is 0.600. The minimum atomic E-state index is -2.97. The molecule has 18 heavy (non-hydrogen) atoms. The van der Waals surface area contributed by atoms with Gasteiger partial charge in [-0.15, -0.1) is 0 Å². The molecule has 1 aromatic rings. The van der Waals surface area contributed by atoms with Crippen LogP contribution in [0.2, 0.25) is 0 Å². The van der Waals surface area contributed by atoms with Gasteiger partial charge in [0.05, 0.1) is 0 Å². The summed E-state index contributed by atoms with van der Waals surface area (Å²) < 4.78 is 15.8. The number of nitrogens with zero attached hydrogens (tertiary/aromatic N) is 1. The number of imidazole rings is 1. The maximum Gasteiger partial charge on any atom is 0.557 e. The molecule has 7 nitrogen and oxygen atoms in total. The van der Waals surface area contributed by atoms with Gasteiger partial charge in [-0.1, -0.05) is 6.92 Å². The Hall–Kier alpha value is -1.22. The van der Waals surface area contributed by atoms with Crippen LogP contribution in [0.1, 0.15) is 24.0 Å². The van der Waals surface area contributed by atoms with Crippen molar-refractivity contribution in [3.05, 3.63) is 12.0 Å². The molecule has 0 aliphatic carbocycles. The summed E-state index contributed by atoms with van der Waals surface area (Å²) in [4.78, 5) is 18.7. The van der Waals surface area contributed by atoms with Crippen molar-refractivity contribution in [1.29, 1.82) is 0 Å². The Morgan fingerprint density at radius 1 is 1.39 bits per heavy atom. The molecule has 0 radical (unpaired) electrons. The van der Waals surface area contributed by atoms with E-state index in [4.69, 9.17) is 13.3 Å². The zero-order chi connectivity index (χ0) is 13.6. The molecule has 1 amide bonds. The van der Waals surface area contributed by atoms with Gasteiger partial charge in [0.25, 0.3) is 5.91 Å². The Kier molecular flexibility index (Phi) is 5.47. The molecule has 0 fully saturated rings. The molecule has 0 aliphatic rings. The van der Waals surface area contributed by atoms with Crippen molar-refractivity contribution >= 4 is 20.0 Å². The van der Waals surface area contributed by atoms with E-state index in [1.54, 1.807) is 6.20 Å². The van der Waals surface area contributed by atoms with Gasteiger partial charge in [-0.3, -0.25) is 4.79 Å². The summed E-state index contributed by atoms with van der Waals surface area (Å²) in [6.07, 6.45) is 2.44. The number of amides is 1. The molecule has 0 bridgehead atoms. The number of rotatable bonds is 7. The molecule has 0 atom stereocenters. The van der Waals surface area contributed by atoms with E-state index in [0.717, 1.165) is 6.42 Å². The predicted octanol–water partition coefficient (Wildman–Crippen LogP) is -0.365. The number of hydrogen-bond acceptors (Lipinski definition) is 5. The van der Waals surface area contributed by atoms with E-state index >= 15 is 0 Å². The van der Waals surface area contributed by atoms with Crippen molar-refractivity contribution in [2.24, 2.45) is 0 Å². The van der Waals surface area contributed by atoms with Crippen LogP contribution < -0.4 is 10.6 Å². The lowest BCUT2D eigenvalue weighted by molar-refractivity contribution is 0.0944. The third-order valence-corrected chi connectivity index (χ3v) is 4.94. The molecule has 0 saturated carbocycles. The molecular weight excluding hydrogens is 254 g/mol. The lowest BCUT2D eigenvalue weighted by Crippen LogP contribution is -2.55. The first kappa shape index (κ1) is 14.8. The average molecular weight is 273 g/mol. The fourth-order valence-corrected chi connectivity index (χ4v) is 3.11. The van der Waals surface area contributed by atoms with Gasteiger partial charge in [-0.2, -0.15) is 0 Å². The summed E-state index contributed by atoms with van der Waals surface area (Å²) >= 11 is 0.